The van der Waals surface area contributed by atoms with Crippen molar-refractivity contribution in [3.05, 3.63) is 119 Å². The highest BCUT2D eigenvalue weighted by molar-refractivity contribution is 6.32. The van der Waals surface area contributed by atoms with E-state index in [-0.39, 0.29) is 116 Å². The first-order valence-corrected chi connectivity index (χ1v) is 37.2. The Morgan fingerprint density at radius 2 is 1.30 bits per heavy atom. The molecular weight excluding hydrogens is 1440 g/mol. The minimum atomic E-state index is -1.29. The fourth-order valence-electron chi connectivity index (χ4n) is 10.8. The Balaban J connectivity index is 1.03. The minimum absolute atomic E-state index is 0.00307. The number of ether oxygens (including phenoxy) is 13. The normalized spacial score (nSPS) is 18.5. The molecule has 5 rings (SSSR count). The average molecular weight is 1550 g/mol. The van der Waals surface area contributed by atoms with E-state index in [1.807, 2.05) is 45.0 Å². The van der Waals surface area contributed by atoms with Crippen LogP contribution in [0.5, 0.6) is 5.75 Å². The Morgan fingerprint density at radius 3 is 1.89 bits per heavy atom. The smallest absolute Gasteiger partial charge is 0.407 e. The number of benzene rings is 3. The van der Waals surface area contributed by atoms with E-state index < -0.39 is 107 Å². The molecule has 3 aromatic carbocycles. The Hall–Kier alpha value is -8.59. The summed E-state index contributed by atoms with van der Waals surface area (Å²) in [5, 5.41) is 16.7. The van der Waals surface area contributed by atoms with E-state index in [1.165, 1.54) is 31.1 Å². The maximum absolute atomic E-state index is 14.0. The molecule has 2 aliphatic heterocycles. The number of anilines is 1. The van der Waals surface area contributed by atoms with Gasteiger partial charge in [0.15, 0.2) is 6.10 Å². The zero-order valence-electron chi connectivity index (χ0n) is 64.5. The van der Waals surface area contributed by atoms with Crippen LogP contribution in [0, 0.1) is 23.2 Å². The maximum Gasteiger partial charge on any atom is 0.407 e. The van der Waals surface area contributed by atoms with Gasteiger partial charge in [0.25, 0.3) is 0 Å². The molecule has 1 saturated heterocycles. The number of alkyl carbamates (subject to hydrolysis) is 1. The average Bonchev–Trinajstić information content (AvgIpc) is 1.63. The third-order valence-electron chi connectivity index (χ3n) is 17.3. The summed E-state index contributed by atoms with van der Waals surface area (Å²) in [6, 6.07) is 15.8. The van der Waals surface area contributed by atoms with E-state index in [2.05, 4.69) is 38.5 Å². The van der Waals surface area contributed by atoms with Crippen molar-refractivity contribution in [3.8, 4) is 5.75 Å². The van der Waals surface area contributed by atoms with Crippen LogP contribution in [0.3, 0.4) is 0 Å². The molecule has 0 aliphatic carbocycles. The predicted octanol–water partition coefficient (Wildman–Crippen LogP) is 6.61. The van der Waals surface area contributed by atoms with Gasteiger partial charge < -0.3 is 98.4 Å². The van der Waals surface area contributed by atoms with Crippen LogP contribution >= 0.6 is 11.6 Å². The van der Waals surface area contributed by atoms with Crippen molar-refractivity contribution in [3.63, 3.8) is 0 Å². The summed E-state index contributed by atoms with van der Waals surface area (Å²) in [6.45, 7) is 22.0. The highest BCUT2D eigenvalue weighted by Gasteiger charge is 2.48. The fraction of sp³-hybridized carbons (Fsp3) is 0.590. The maximum atomic E-state index is 14.0. The van der Waals surface area contributed by atoms with Crippen molar-refractivity contribution >= 4 is 76.7 Å². The van der Waals surface area contributed by atoms with Gasteiger partial charge in [0.1, 0.15) is 49.3 Å². The highest BCUT2D eigenvalue weighted by Crippen LogP contribution is 2.45. The molecular formula is C78H112ClN7O23. The summed E-state index contributed by atoms with van der Waals surface area (Å²) < 4.78 is 71.9. The molecule has 30 nitrogen and oxygen atoms in total. The van der Waals surface area contributed by atoms with Gasteiger partial charge in [-0.15, -0.1) is 0 Å². The van der Waals surface area contributed by atoms with Crippen LogP contribution in [0.25, 0.3) is 0 Å². The van der Waals surface area contributed by atoms with Crippen molar-refractivity contribution in [2.24, 2.45) is 23.2 Å². The van der Waals surface area contributed by atoms with Gasteiger partial charge in [0, 0.05) is 64.2 Å². The number of carbonyl (C=O) groups is 10. The topological polar surface area (TPSA) is 369 Å². The van der Waals surface area contributed by atoms with Crippen molar-refractivity contribution in [1.82, 2.24) is 31.5 Å². The van der Waals surface area contributed by atoms with E-state index in [0.29, 0.717) is 93.7 Å². The number of hydrogen-bond donors (Lipinski definition) is 6. The lowest BCUT2D eigenvalue weighted by atomic mass is 9.92. The molecule has 31 heteroatoms. The summed E-state index contributed by atoms with van der Waals surface area (Å²) in [5.74, 6) is -5.70. The number of esters is 3. The Labute approximate surface area is 644 Å². The van der Waals surface area contributed by atoms with Gasteiger partial charge in [-0.05, 0) is 91.6 Å². The highest BCUT2D eigenvalue weighted by atomic mass is 35.5. The molecule has 604 valence electrons. The van der Waals surface area contributed by atoms with Crippen LogP contribution in [0.1, 0.15) is 116 Å². The minimum Gasteiger partial charge on any atom is -0.495 e. The van der Waals surface area contributed by atoms with Gasteiger partial charge in [0.2, 0.25) is 35.4 Å². The SMILES string of the molecule is C=CCOC(=O)CCN(CCC(=O)N[C@H](C(=O)N[C@@H](C)C(=O)Nc1ccc(COC(=O)NCc2ccc([C@H]3O[C@@H]3[C@@H](C)C3C/C=C/C(=O)N[C@@H](Cc4ccc(OC)c(Cl)c4)C(=O)NCC(C)(C)C(=O)O[C@@H](CC(C)C)C(=O)O3)cc2)cc1)C(C)C)C(=O)CCOCCOCCOCCOCCOCCOCCOC. The van der Waals surface area contributed by atoms with Crippen molar-refractivity contribution in [2.75, 3.05) is 132 Å². The summed E-state index contributed by atoms with van der Waals surface area (Å²) in [5.41, 5.74) is 1.95. The molecule has 1 fully saturated rings. The number of halogens is 1. The zero-order chi connectivity index (χ0) is 79.7. The van der Waals surface area contributed by atoms with Crippen molar-refractivity contribution < 1.29 is 110 Å². The van der Waals surface area contributed by atoms with Crippen LogP contribution in [0.2, 0.25) is 5.02 Å². The second-order valence-electron chi connectivity index (χ2n) is 27.5. The third-order valence-corrected chi connectivity index (χ3v) is 17.6. The van der Waals surface area contributed by atoms with Gasteiger partial charge in [-0.1, -0.05) is 107 Å². The van der Waals surface area contributed by atoms with Gasteiger partial charge in [-0.3, -0.25) is 38.4 Å². The number of amides is 7. The second kappa shape index (κ2) is 49.5. The van der Waals surface area contributed by atoms with E-state index in [9.17, 15) is 47.9 Å². The van der Waals surface area contributed by atoms with Crippen molar-refractivity contribution in [1.29, 1.82) is 0 Å². The van der Waals surface area contributed by atoms with Crippen LogP contribution in [-0.4, -0.2) is 227 Å². The zero-order valence-corrected chi connectivity index (χ0v) is 65.2. The number of nitrogens with zero attached hydrogens (tertiary/aromatic N) is 1. The number of carbonyl (C=O) groups excluding carboxylic acids is 10. The first-order chi connectivity index (χ1) is 52.2. The quantitative estimate of drug-likeness (QED) is 0.0114. The van der Waals surface area contributed by atoms with E-state index >= 15 is 0 Å². The van der Waals surface area contributed by atoms with Crippen LogP contribution in [-0.2, 0) is 120 Å². The molecule has 1 unspecified atom stereocenters. The predicted molar refractivity (Wildman–Crippen MR) is 401 cm³/mol. The Bertz CT molecular complexity index is 3400. The second-order valence-corrected chi connectivity index (χ2v) is 27.9. The largest absolute Gasteiger partial charge is 0.495 e. The van der Waals surface area contributed by atoms with Crippen molar-refractivity contribution in [2.45, 2.75) is 150 Å². The molecule has 6 N–H and O–H groups in total. The Morgan fingerprint density at radius 1 is 0.706 bits per heavy atom. The molecule has 0 spiro atoms. The van der Waals surface area contributed by atoms with Gasteiger partial charge in [-0.2, -0.15) is 0 Å². The van der Waals surface area contributed by atoms with E-state index in [0.717, 1.165) is 11.1 Å². The van der Waals surface area contributed by atoms with E-state index in [1.54, 1.807) is 83.3 Å². The van der Waals surface area contributed by atoms with Gasteiger partial charge in [-0.25, -0.2) is 9.59 Å². The molecule has 3 aromatic rings. The van der Waals surface area contributed by atoms with E-state index in [4.69, 9.17) is 73.2 Å². The summed E-state index contributed by atoms with van der Waals surface area (Å²) in [4.78, 5) is 135. The molecule has 2 heterocycles. The lowest BCUT2D eigenvalue weighted by Crippen LogP contribution is -2.54. The fourth-order valence-corrected chi connectivity index (χ4v) is 11.1. The number of nitrogens with one attached hydrogen (secondary N) is 6. The molecule has 2 aliphatic rings. The number of rotatable bonds is 47. The molecule has 7 amide bonds. The molecule has 0 aromatic heterocycles. The van der Waals surface area contributed by atoms with Gasteiger partial charge in [0.05, 0.1) is 122 Å². The summed E-state index contributed by atoms with van der Waals surface area (Å²) in [7, 11) is 3.10. The van der Waals surface area contributed by atoms with Gasteiger partial charge >= 0.3 is 24.0 Å². The molecule has 8 atom stereocenters. The Kier molecular flexibility index (Phi) is 41.4. The standard InChI is InChI=1S/C78H112ClN7O23/c1-12-31-105-68(90)27-30-86(67(89)28-32-99-35-36-101-39-40-103-43-44-104-42-41-102-38-37-100-34-33-97-10)29-26-66(88)85-69(52(4)5)74(93)82-54(7)72(91)83-59-23-18-56(19-24-59)49-106-77(96)80-48-55-16-21-58(22-17-55)71-70(109-71)53(6)62-14-13-15-65(87)84-61(47-57-20-25-63(98-11)60(79)46-57)73(92)81-50-78(8,9)76(95)108-64(45-51(2)3)75(94)107-62/h12-13,15-25,46,51-54,61-62,64,69-71H,1,14,26-45,47-50H2,2-11H3,(H,80,96)(H,81,92)(H,82,93)(H,83,91)(H,84,87)(H,85,88)/b15-13+/t53-,54-,61-,62?,64-,69-,70+,71+/m0/s1. The van der Waals surface area contributed by atoms with Crippen LogP contribution < -0.4 is 36.6 Å². The molecule has 109 heavy (non-hydrogen) atoms. The number of epoxide rings is 1. The number of hydrogen-bond acceptors (Lipinski definition) is 23. The van der Waals surface area contributed by atoms with Crippen LogP contribution in [0.4, 0.5) is 10.5 Å². The van der Waals surface area contributed by atoms with Crippen LogP contribution in [0.15, 0.2) is 91.5 Å². The molecule has 0 radical (unpaired) electrons. The first-order valence-electron chi connectivity index (χ1n) is 36.8. The third kappa shape index (κ3) is 34.9. The lowest BCUT2D eigenvalue weighted by Gasteiger charge is -2.29. The summed E-state index contributed by atoms with van der Waals surface area (Å²) in [6.07, 6.45) is 0.597. The lowest BCUT2D eigenvalue weighted by molar-refractivity contribution is -0.179. The molecule has 0 saturated carbocycles. The monoisotopic (exact) mass is 1550 g/mol. The molecule has 0 bridgehead atoms. The number of methoxy groups -OCH3 is 2. The first kappa shape index (κ1) is 91.0. The summed E-state index contributed by atoms with van der Waals surface area (Å²) >= 11 is 6.40. The number of cyclic esters (lactones) is 2.